The molecule has 116 valence electrons. The molecule has 2 aromatic rings. The van der Waals surface area contributed by atoms with Crippen molar-refractivity contribution in [3.8, 4) is 0 Å². The van der Waals surface area contributed by atoms with Gasteiger partial charge in [-0.2, -0.15) is 0 Å². The Balaban J connectivity index is 1.91. The molecular formula is C18H22N2O2. The van der Waals surface area contributed by atoms with E-state index in [4.69, 9.17) is 0 Å². The van der Waals surface area contributed by atoms with Crippen LogP contribution in [0.3, 0.4) is 0 Å². The Hall–Kier alpha value is -2.33. The van der Waals surface area contributed by atoms with E-state index in [1.807, 2.05) is 12.1 Å². The minimum Gasteiger partial charge on any atom is -0.465 e. The minimum absolute atomic E-state index is 0.309. The zero-order valence-electron chi connectivity index (χ0n) is 13.3. The van der Waals surface area contributed by atoms with Crippen molar-refractivity contribution in [1.29, 1.82) is 0 Å². The molecule has 0 spiro atoms. The summed E-state index contributed by atoms with van der Waals surface area (Å²) >= 11 is 0. The Morgan fingerprint density at radius 1 is 1.00 bits per heavy atom. The Bertz CT molecular complexity index is 604. The van der Waals surface area contributed by atoms with Crippen LogP contribution >= 0.6 is 0 Å². The first-order valence-electron chi connectivity index (χ1n) is 7.23. The monoisotopic (exact) mass is 298 g/mol. The largest absolute Gasteiger partial charge is 0.465 e. The lowest BCUT2D eigenvalue weighted by molar-refractivity contribution is 0.0600. The Labute approximate surface area is 131 Å². The summed E-state index contributed by atoms with van der Waals surface area (Å²) in [4.78, 5) is 13.5. The van der Waals surface area contributed by atoms with E-state index in [1.165, 1.54) is 12.7 Å². The second kappa shape index (κ2) is 7.61. The third-order valence-electron chi connectivity index (χ3n) is 3.32. The molecule has 0 fully saturated rings. The lowest BCUT2D eigenvalue weighted by Crippen LogP contribution is -2.10. The van der Waals surface area contributed by atoms with Crippen LogP contribution in [0.5, 0.6) is 0 Å². The number of carbonyl (C=O) groups is 1. The summed E-state index contributed by atoms with van der Waals surface area (Å²) in [6.07, 6.45) is 0. The second-order valence-electron chi connectivity index (χ2n) is 5.48. The molecule has 0 aliphatic heterocycles. The third kappa shape index (κ3) is 4.60. The van der Waals surface area contributed by atoms with Gasteiger partial charge in [-0.1, -0.05) is 24.3 Å². The highest BCUT2D eigenvalue weighted by Gasteiger charge is 2.04. The predicted molar refractivity (Wildman–Crippen MR) is 88.9 cm³/mol. The van der Waals surface area contributed by atoms with Gasteiger partial charge in [0.2, 0.25) is 0 Å². The maximum Gasteiger partial charge on any atom is 0.337 e. The fourth-order valence-corrected chi connectivity index (χ4v) is 2.17. The number of nitrogens with zero attached hydrogens (tertiary/aromatic N) is 1. The quantitative estimate of drug-likeness (QED) is 0.832. The molecule has 0 unspecified atom stereocenters. The van der Waals surface area contributed by atoms with E-state index >= 15 is 0 Å². The highest BCUT2D eigenvalue weighted by Crippen LogP contribution is 2.13. The minimum atomic E-state index is -0.309. The highest BCUT2D eigenvalue weighted by atomic mass is 16.5. The maximum absolute atomic E-state index is 11.4. The molecule has 0 saturated carbocycles. The Morgan fingerprint density at radius 3 is 2.14 bits per heavy atom. The van der Waals surface area contributed by atoms with Crippen molar-refractivity contribution in [2.75, 3.05) is 26.5 Å². The number of methoxy groups -OCH3 is 1. The van der Waals surface area contributed by atoms with Gasteiger partial charge in [-0.3, -0.25) is 0 Å². The molecular weight excluding hydrogens is 276 g/mol. The summed E-state index contributed by atoms with van der Waals surface area (Å²) in [7, 11) is 5.51. The SMILES string of the molecule is COC(=O)c1ccc(CNc2ccc(CN(C)C)cc2)cc1. The molecule has 4 heteroatoms. The van der Waals surface area contributed by atoms with Crippen LogP contribution in [0.25, 0.3) is 0 Å². The topological polar surface area (TPSA) is 41.6 Å². The number of hydrogen-bond acceptors (Lipinski definition) is 4. The fourth-order valence-electron chi connectivity index (χ4n) is 2.17. The van der Waals surface area contributed by atoms with Crippen molar-refractivity contribution in [3.63, 3.8) is 0 Å². The summed E-state index contributed by atoms with van der Waals surface area (Å²) in [6.45, 7) is 1.66. The van der Waals surface area contributed by atoms with Gasteiger partial charge in [-0.05, 0) is 49.5 Å². The van der Waals surface area contributed by atoms with Crippen LogP contribution < -0.4 is 5.32 Å². The number of nitrogens with one attached hydrogen (secondary N) is 1. The first-order chi connectivity index (χ1) is 10.6. The van der Waals surface area contributed by atoms with Crippen molar-refractivity contribution in [2.45, 2.75) is 13.1 Å². The van der Waals surface area contributed by atoms with Gasteiger partial charge in [0.25, 0.3) is 0 Å². The van der Waals surface area contributed by atoms with Gasteiger partial charge in [0.1, 0.15) is 0 Å². The van der Waals surface area contributed by atoms with Gasteiger partial charge in [-0.25, -0.2) is 4.79 Å². The molecule has 0 aliphatic rings. The van der Waals surface area contributed by atoms with Crippen molar-refractivity contribution < 1.29 is 9.53 Å². The van der Waals surface area contributed by atoms with Gasteiger partial charge in [0, 0.05) is 18.8 Å². The fraction of sp³-hybridized carbons (Fsp3) is 0.278. The van der Waals surface area contributed by atoms with E-state index in [2.05, 4.69) is 53.3 Å². The van der Waals surface area contributed by atoms with E-state index in [0.717, 1.165) is 17.8 Å². The highest BCUT2D eigenvalue weighted by molar-refractivity contribution is 5.89. The number of ether oxygens (including phenoxy) is 1. The van der Waals surface area contributed by atoms with E-state index in [1.54, 1.807) is 12.1 Å². The van der Waals surface area contributed by atoms with Gasteiger partial charge >= 0.3 is 5.97 Å². The van der Waals surface area contributed by atoms with Crippen LogP contribution in [0.1, 0.15) is 21.5 Å². The molecule has 0 amide bonds. The van der Waals surface area contributed by atoms with Gasteiger partial charge in [-0.15, -0.1) is 0 Å². The molecule has 4 nitrogen and oxygen atoms in total. The molecule has 0 atom stereocenters. The molecule has 0 radical (unpaired) electrons. The van der Waals surface area contributed by atoms with Crippen LogP contribution in [0.4, 0.5) is 5.69 Å². The van der Waals surface area contributed by atoms with E-state index in [0.29, 0.717) is 12.1 Å². The molecule has 0 heterocycles. The molecule has 2 rings (SSSR count). The number of hydrogen-bond donors (Lipinski definition) is 1. The normalized spacial score (nSPS) is 10.5. The van der Waals surface area contributed by atoms with E-state index in [9.17, 15) is 4.79 Å². The standard InChI is InChI=1S/C18H22N2O2/c1-20(2)13-15-6-10-17(11-7-15)19-12-14-4-8-16(9-5-14)18(21)22-3/h4-11,19H,12-13H2,1-3H3. The first-order valence-corrected chi connectivity index (χ1v) is 7.23. The molecule has 22 heavy (non-hydrogen) atoms. The zero-order chi connectivity index (χ0) is 15.9. The molecule has 0 bridgehead atoms. The van der Waals surface area contributed by atoms with Crippen molar-refractivity contribution in [3.05, 3.63) is 65.2 Å². The van der Waals surface area contributed by atoms with Gasteiger partial charge in [0.05, 0.1) is 12.7 Å². The van der Waals surface area contributed by atoms with Crippen molar-refractivity contribution in [1.82, 2.24) is 4.90 Å². The Kier molecular flexibility index (Phi) is 5.55. The average molecular weight is 298 g/mol. The Morgan fingerprint density at radius 2 is 1.59 bits per heavy atom. The molecule has 2 aromatic carbocycles. The van der Waals surface area contributed by atoms with E-state index < -0.39 is 0 Å². The summed E-state index contributed by atoms with van der Waals surface area (Å²) < 4.78 is 4.69. The first kappa shape index (κ1) is 16.0. The molecule has 0 aromatic heterocycles. The lowest BCUT2D eigenvalue weighted by Gasteiger charge is -2.11. The molecule has 0 saturated heterocycles. The average Bonchev–Trinajstić information content (AvgIpc) is 2.53. The summed E-state index contributed by atoms with van der Waals surface area (Å²) in [5, 5.41) is 3.37. The number of carbonyl (C=O) groups excluding carboxylic acids is 1. The summed E-state index contributed by atoms with van der Waals surface area (Å²) in [6, 6.07) is 15.8. The van der Waals surface area contributed by atoms with Crippen LogP contribution in [0.2, 0.25) is 0 Å². The van der Waals surface area contributed by atoms with Crippen LogP contribution in [0, 0.1) is 0 Å². The second-order valence-corrected chi connectivity index (χ2v) is 5.48. The third-order valence-corrected chi connectivity index (χ3v) is 3.32. The smallest absolute Gasteiger partial charge is 0.337 e. The van der Waals surface area contributed by atoms with Gasteiger partial charge in [0.15, 0.2) is 0 Å². The number of esters is 1. The zero-order valence-corrected chi connectivity index (χ0v) is 13.3. The predicted octanol–water partition coefficient (Wildman–Crippen LogP) is 3.15. The lowest BCUT2D eigenvalue weighted by atomic mass is 10.1. The summed E-state index contributed by atoms with van der Waals surface area (Å²) in [5.41, 5.74) is 4.06. The number of rotatable bonds is 6. The maximum atomic E-state index is 11.4. The van der Waals surface area contributed by atoms with Crippen LogP contribution in [-0.2, 0) is 17.8 Å². The van der Waals surface area contributed by atoms with Crippen LogP contribution in [-0.4, -0.2) is 32.1 Å². The molecule has 1 N–H and O–H groups in total. The number of benzene rings is 2. The van der Waals surface area contributed by atoms with Crippen molar-refractivity contribution in [2.24, 2.45) is 0 Å². The summed E-state index contributed by atoms with van der Waals surface area (Å²) in [5.74, 6) is -0.309. The van der Waals surface area contributed by atoms with E-state index in [-0.39, 0.29) is 5.97 Å². The van der Waals surface area contributed by atoms with Gasteiger partial charge < -0.3 is 15.0 Å². The van der Waals surface area contributed by atoms with Crippen LogP contribution in [0.15, 0.2) is 48.5 Å². The number of anilines is 1. The van der Waals surface area contributed by atoms with Crippen molar-refractivity contribution >= 4 is 11.7 Å². The molecule has 0 aliphatic carbocycles.